The highest BCUT2D eigenvalue weighted by Gasteiger charge is 2.11. The first kappa shape index (κ1) is 14.8. The van der Waals surface area contributed by atoms with E-state index >= 15 is 0 Å². The molecular weight excluding hydrogens is 301 g/mol. The standard InChI is InChI=1S/C13H15Cl2N3O2/c1-18-12(15)6-17-13(18)7-16-9-5-10(19-2)8(14)4-11(9)20-3/h4-6,16H,7H2,1-3H3. The minimum Gasteiger partial charge on any atom is -0.495 e. The second-order valence-corrected chi connectivity index (χ2v) is 4.89. The second kappa shape index (κ2) is 6.24. The molecule has 0 amide bonds. The molecule has 0 spiro atoms. The van der Waals surface area contributed by atoms with Crippen molar-refractivity contribution in [3.05, 3.63) is 34.3 Å². The van der Waals surface area contributed by atoms with Gasteiger partial charge in [0.1, 0.15) is 22.5 Å². The third kappa shape index (κ3) is 2.94. The molecule has 1 heterocycles. The second-order valence-electron chi connectivity index (χ2n) is 4.10. The maximum absolute atomic E-state index is 6.06. The summed E-state index contributed by atoms with van der Waals surface area (Å²) in [6.07, 6.45) is 1.61. The van der Waals surface area contributed by atoms with E-state index in [9.17, 15) is 0 Å². The molecule has 7 heteroatoms. The lowest BCUT2D eigenvalue weighted by Crippen LogP contribution is -2.07. The van der Waals surface area contributed by atoms with Crippen LogP contribution in [0.25, 0.3) is 0 Å². The minimum atomic E-state index is 0.495. The lowest BCUT2D eigenvalue weighted by Gasteiger charge is -2.14. The van der Waals surface area contributed by atoms with Gasteiger partial charge in [-0.05, 0) is 0 Å². The van der Waals surface area contributed by atoms with Crippen LogP contribution in [0, 0.1) is 0 Å². The Bertz CT molecular complexity index is 614. The van der Waals surface area contributed by atoms with Crippen molar-refractivity contribution >= 4 is 28.9 Å². The number of rotatable bonds is 5. The summed E-state index contributed by atoms with van der Waals surface area (Å²) in [6, 6.07) is 3.49. The van der Waals surface area contributed by atoms with Crippen LogP contribution in [-0.4, -0.2) is 23.8 Å². The molecular formula is C13H15Cl2N3O2. The van der Waals surface area contributed by atoms with Crippen molar-refractivity contribution in [2.75, 3.05) is 19.5 Å². The van der Waals surface area contributed by atoms with Crippen molar-refractivity contribution in [1.29, 1.82) is 0 Å². The monoisotopic (exact) mass is 315 g/mol. The third-order valence-electron chi connectivity index (χ3n) is 2.94. The van der Waals surface area contributed by atoms with E-state index < -0.39 is 0 Å². The highest BCUT2D eigenvalue weighted by molar-refractivity contribution is 6.32. The molecule has 1 aromatic heterocycles. The Hall–Kier alpha value is -1.59. The number of imidazole rings is 1. The molecule has 108 valence electrons. The van der Waals surface area contributed by atoms with Crippen molar-refractivity contribution in [2.45, 2.75) is 6.54 Å². The molecule has 2 aromatic rings. The fourth-order valence-electron chi connectivity index (χ4n) is 1.76. The molecule has 2 rings (SSSR count). The van der Waals surface area contributed by atoms with Crippen LogP contribution in [0.2, 0.25) is 10.2 Å². The first-order valence-corrected chi connectivity index (χ1v) is 6.64. The number of halogens is 2. The number of nitrogens with one attached hydrogen (secondary N) is 1. The van der Waals surface area contributed by atoms with Crippen LogP contribution in [0.4, 0.5) is 5.69 Å². The maximum atomic E-state index is 6.06. The summed E-state index contributed by atoms with van der Waals surface area (Å²) in [4.78, 5) is 4.22. The molecule has 1 N–H and O–H groups in total. The van der Waals surface area contributed by atoms with Crippen molar-refractivity contribution in [3.8, 4) is 11.5 Å². The average molecular weight is 316 g/mol. The van der Waals surface area contributed by atoms with Gasteiger partial charge in [0.05, 0.1) is 37.7 Å². The van der Waals surface area contributed by atoms with Crippen molar-refractivity contribution in [2.24, 2.45) is 7.05 Å². The molecule has 0 aliphatic heterocycles. The summed E-state index contributed by atoms with van der Waals surface area (Å²) in [5.74, 6) is 2.02. The topological polar surface area (TPSA) is 48.3 Å². The number of ether oxygens (including phenoxy) is 2. The molecule has 1 aromatic carbocycles. The van der Waals surface area contributed by atoms with E-state index in [1.54, 1.807) is 37.1 Å². The Balaban J connectivity index is 2.22. The predicted molar refractivity (Wildman–Crippen MR) is 80.1 cm³/mol. The van der Waals surface area contributed by atoms with Gasteiger partial charge in [-0.15, -0.1) is 0 Å². The molecule has 0 saturated heterocycles. The Kier molecular flexibility index (Phi) is 4.62. The number of nitrogens with zero attached hydrogens (tertiary/aromatic N) is 2. The summed E-state index contributed by atoms with van der Waals surface area (Å²) >= 11 is 12.0. The van der Waals surface area contributed by atoms with Crippen LogP contribution in [0.3, 0.4) is 0 Å². The van der Waals surface area contributed by atoms with Gasteiger partial charge in [-0.1, -0.05) is 23.2 Å². The zero-order valence-electron chi connectivity index (χ0n) is 11.4. The van der Waals surface area contributed by atoms with E-state index in [0.717, 1.165) is 11.5 Å². The van der Waals surface area contributed by atoms with Crippen LogP contribution in [0.5, 0.6) is 11.5 Å². The molecule has 5 nitrogen and oxygen atoms in total. The van der Waals surface area contributed by atoms with Gasteiger partial charge in [0, 0.05) is 19.2 Å². The first-order valence-electron chi connectivity index (χ1n) is 5.88. The Labute approximate surface area is 127 Å². The van der Waals surface area contributed by atoms with Gasteiger partial charge in [-0.2, -0.15) is 0 Å². The van der Waals surface area contributed by atoms with Gasteiger partial charge in [0.15, 0.2) is 0 Å². The molecule has 0 atom stereocenters. The Morgan fingerprint density at radius 1 is 1.20 bits per heavy atom. The number of anilines is 1. The van der Waals surface area contributed by atoms with Gasteiger partial charge in [-0.25, -0.2) is 4.98 Å². The largest absolute Gasteiger partial charge is 0.495 e. The molecule has 0 unspecified atom stereocenters. The lowest BCUT2D eigenvalue weighted by atomic mass is 10.2. The summed E-state index contributed by atoms with van der Waals surface area (Å²) in [7, 11) is 5.00. The first-order chi connectivity index (χ1) is 9.56. The highest BCUT2D eigenvalue weighted by atomic mass is 35.5. The molecule has 0 aliphatic carbocycles. The van der Waals surface area contributed by atoms with Crippen LogP contribution in [0.1, 0.15) is 5.82 Å². The quantitative estimate of drug-likeness (QED) is 0.919. The third-order valence-corrected chi connectivity index (χ3v) is 3.59. The summed E-state index contributed by atoms with van der Waals surface area (Å²) < 4.78 is 12.3. The Morgan fingerprint density at radius 2 is 1.90 bits per heavy atom. The van der Waals surface area contributed by atoms with Crippen LogP contribution >= 0.6 is 23.2 Å². The van der Waals surface area contributed by atoms with Crippen molar-refractivity contribution < 1.29 is 9.47 Å². The summed E-state index contributed by atoms with van der Waals surface area (Å²) in [5.41, 5.74) is 0.771. The smallest absolute Gasteiger partial charge is 0.143 e. The zero-order valence-corrected chi connectivity index (χ0v) is 12.9. The van der Waals surface area contributed by atoms with E-state index in [4.69, 9.17) is 32.7 Å². The lowest BCUT2D eigenvalue weighted by molar-refractivity contribution is 0.404. The van der Waals surface area contributed by atoms with Crippen LogP contribution < -0.4 is 14.8 Å². The maximum Gasteiger partial charge on any atom is 0.143 e. The van der Waals surface area contributed by atoms with Crippen molar-refractivity contribution in [1.82, 2.24) is 9.55 Å². The molecule has 0 saturated carbocycles. The Morgan fingerprint density at radius 3 is 2.45 bits per heavy atom. The van der Waals surface area contributed by atoms with Gasteiger partial charge < -0.3 is 19.4 Å². The molecule has 0 bridgehead atoms. The molecule has 0 aliphatic rings. The van der Waals surface area contributed by atoms with Gasteiger partial charge in [0.25, 0.3) is 0 Å². The number of aromatic nitrogens is 2. The molecule has 0 fully saturated rings. The minimum absolute atomic E-state index is 0.495. The van der Waals surface area contributed by atoms with E-state index in [1.807, 2.05) is 7.05 Å². The van der Waals surface area contributed by atoms with E-state index in [2.05, 4.69) is 10.3 Å². The van der Waals surface area contributed by atoms with Crippen LogP contribution in [-0.2, 0) is 13.6 Å². The molecule has 0 radical (unpaired) electrons. The van der Waals surface area contributed by atoms with E-state index in [-0.39, 0.29) is 0 Å². The number of hydrogen-bond acceptors (Lipinski definition) is 4. The SMILES string of the molecule is COc1cc(NCc2ncc(Cl)n2C)c(OC)cc1Cl. The highest BCUT2D eigenvalue weighted by Crippen LogP contribution is 2.36. The fraction of sp³-hybridized carbons (Fsp3) is 0.308. The summed E-state index contributed by atoms with van der Waals surface area (Å²) in [6.45, 7) is 0.504. The average Bonchev–Trinajstić information content (AvgIpc) is 2.77. The van der Waals surface area contributed by atoms with Gasteiger partial charge >= 0.3 is 0 Å². The predicted octanol–water partition coefficient (Wildman–Crippen LogP) is 3.36. The van der Waals surface area contributed by atoms with E-state index in [1.165, 1.54) is 0 Å². The van der Waals surface area contributed by atoms with Crippen molar-refractivity contribution in [3.63, 3.8) is 0 Å². The van der Waals surface area contributed by atoms with Gasteiger partial charge in [-0.3, -0.25) is 0 Å². The number of hydrogen-bond donors (Lipinski definition) is 1. The summed E-state index contributed by atoms with van der Waals surface area (Å²) in [5, 5.41) is 4.31. The van der Waals surface area contributed by atoms with Crippen LogP contribution in [0.15, 0.2) is 18.3 Å². The zero-order chi connectivity index (χ0) is 14.7. The van der Waals surface area contributed by atoms with Gasteiger partial charge in [0.2, 0.25) is 0 Å². The van der Waals surface area contributed by atoms with E-state index in [0.29, 0.717) is 28.2 Å². The number of methoxy groups -OCH3 is 2. The molecule has 20 heavy (non-hydrogen) atoms. The normalized spacial score (nSPS) is 10.4. The number of benzene rings is 1. The fourth-order valence-corrected chi connectivity index (χ4v) is 2.14.